The van der Waals surface area contributed by atoms with Crippen LogP contribution in [0, 0.1) is 0 Å². The molecule has 0 radical (unpaired) electrons. The third-order valence-corrected chi connectivity index (χ3v) is 4.58. The van der Waals surface area contributed by atoms with Crippen molar-refractivity contribution in [3.05, 3.63) is 22.8 Å². The van der Waals surface area contributed by atoms with E-state index in [9.17, 15) is 21.6 Å². The van der Waals surface area contributed by atoms with Gasteiger partial charge in [0.15, 0.2) is 9.84 Å². The van der Waals surface area contributed by atoms with E-state index < -0.39 is 21.6 Å². The Kier molecular flexibility index (Phi) is 3.65. The summed E-state index contributed by atoms with van der Waals surface area (Å²) in [6, 6.07) is 1.62. The molecule has 0 unspecified atom stereocenters. The zero-order valence-corrected chi connectivity index (χ0v) is 11.2. The molecule has 0 aliphatic carbocycles. The van der Waals surface area contributed by atoms with Crippen LogP contribution in [0.2, 0.25) is 5.15 Å². The quantitative estimate of drug-likeness (QED) is 0.744. The van der Waals surface area contributed by atoms with E-state index in [2.05, 4.69) is 4.98 Å². The van der Waals surface area contributed by atoms with E-state index in [4.69, 9.17) is 11.6 Å². The molecule has 0 spiro atoms. The monoisotopic (exact) mass is 314 g/mol. The first-order valence-electron chi connectivity index (χ1n) is 5.37. The van der Waals surface area contributed by atoms with Gasteiger partial charge >= 0.3 is 6.18 Å². The van der Waals surface area contributed by atoms with E-state index in [1.807, 2.05) is 0 Å². The van der Waals surface area contributed by atoms with E-state index in [0.717, 1.165) is 12.1 Å². The summed E-state index contributed by atoms with van der Waals surface area (Å²) in [5, 5.41) is -0.266. The summed E-state index contributed by atoms with van der Waals surface area (Å²) in [6.07, 6.45) is -4.51. The second-order valence-corrected chi connectivity index (χ2v) is 6.86. The largest absolute Gasteiger partial charge is 0.416 e. The molecule has 0 saturated carbocycles. The lowest BCUT2D eigenvalue weighted by Gasteiger charge is -2.28. The van der Waals surface area contributed by atoms with Gasteiger partial charge in [-0.1, -0.05) is 11.6 Å². The zero-order valence-electron chi connectivity index (χ0n) is 9.61. The fraction of sp³-hybridized carbons (Fsp3) is 0.500. The molecule has 1 saturated heterocycles. The Morgan fingerprint density at radius 1 is 1.21 bits per heavy atom. The summed E-state index contributed by atoms with van der Waals surface area (Å²) in [6.45, 7) is 0.236. The van der Waals surface area contributed by atoms with Gasteiger partial charge in [0, 0.05) is 13.1 Å². The number of hydrogen-bond donors (Lipinski definition) is 0. The number of anilines is 1. The lowest BCUT2D eigenvalue weighted by atomic mass is 10.2. The van der Waals surface area contributed by atoms with Gasteiger partial charge in [0.1, 0.15) is 11.0 Å². The molecular formula is C10H10ClF3N2O2S. The zero-order chi connectivity index (χ0) is 14.3. The van der Waals surface area contributed by atoms with Gasteiger partial charge < -0.3 is 4.90 Å². The number of halogens is 4. The highest BCUT2D eigenvalue weighted by atomic mass is 35.5. The molecule has 4 nitrogen and oxygen atoms in total. The Morgan fingerprint density at radius 2 is 1.79 bits per heavy atom. The van der Waals surface area contributed by atoms with Gasteiger partial charge in [-0.25, -0.2) is 13.4 Å². The van der Waals surface area contributed by atoms with Crippen molar-refractivity contribution < 1.29 is 21.6 Å². The molecule has 1 aliphatic heterocycles. The lowest BCUT2D eigenvalue weighted by Crippen LogP contribution is -2.40. The van der Waals surface area contributed by atoms with Crippen LogP contribution in [0.4, 0.5) is 19.0 Å². The van der Waals surface area contributed by atoms with Crippen LogP contribution in [0.25, 0.3) is 0 Å². The Hall–Kier alpha value is -1.02. The number of aromatic nitrogens is 1. The van der Waals surface area contributed by atoms with Crippen LogP contribution in [-0.4, -0.2) is 38.0 Å². The maximum absolute atomic E-state index is 12.6. The minimum absolute atomic E-state index is 0.0507. The summed E-state index contributed by atoms with van der Waals surface area (Å²) in [7, 11) is -3.10. The fourth-order valence-corrected chi connectivity index (χ4v) is 3.16. The van der Waals surface area contributed by atoms with Gasteiger partial charge in [0.2, 0.25) is 0 Å². The lowest BCUT2D eigenvalue weighted by molar-refractivity contribution is -0.137. The highest BCUT2D eigenvalue weighted by Gasteiger charge is 2.32. The average molecular weight is 315 g/mol. The van der Waals surface area contributed by atoms with Crippen LogP contribution in [0.5, 0.6) is 0 Å². The van der Waals surface area contributed by atoms with E-state index >= 15 is 0 Å². The van der Waals surface area contributed by atoms with Crippen LogP contribution in [0.3, 0.4) is 0 Å². The predicted octanol–water partition coefficient (Wildman–Crippen LogP) is 1.99. The molecule has 0 atom stereocenters. The van der Waals surface area contributed by atoms with Crippen molar-refractivity contribution >= 4 is 27.3 Å². The maximum atomic E-state index is 12.6. The van der Waals surface area contributed by atoms with Crippen LogP contribution in [0.15, 0.2) is 12.1 Å². The Labute approximate surface area is 113 Å². The third kappa shape index (κ3) is 3.50. The molecule has 106 valence electrons. The predicted molar refractivity (Wildman–Crippen MR) is 65.1 cm³/mol. The van der Waals surface area contributed by atoms with Crippen molar-refractivity contribution in [2.24, 2.45) is 0 Å². The molecule has 19 heavy (non-hydrogen) atoms. The van der Waals surface area contributed by atoms with Crippen LogP contribution in [-0.2, 0) is 16.0 Å². The molecule has 1 aromatic rings. The van der Waals surface area contributed by atoms with Gasteiger partial charge in [-0.2, -0.15) is 13.2 Å². The molecule has 2 heterocycles. The van der Waals surface area contributed by atoms with Crippen molar-refractivity contribution in [2.75, 3.05) is 29.5 Å². The summed E-state index contributed by atoms with van der Waals surface area (Å²) in [5.74, 6) is -0.139. The van der Waals surface area contributed by atoms with Crippen LogP contribution < -0.4 is 4.90 Å². The minimum Gasteiger partial charge on any atom is -0.355 e. The first kappa shape index (κ1) is 14.4. The molecule has 2 rings (SSSR count). The van der Waals surface area contributed by atoms with E-state index in [-0.39, 0.29) is 35.6 Å². The maximum Gasteiger partial charge on any atom is 0.416 e. The number of sulfone groups is 1. The standard InChI is InChI=1S/C10H10ClF3N2O2S/c11-8-5-7(10(12,13)14)6-9(15-8)16-1-3-19(17,18)4-2-16/h5-6H,1-4H2. The summed E-state index contributed by atoms with van der Waals surface area (Å²) < 4.78 is 60.4. The van der Waals surface area contributed by atoms with Crippen molar-refractivity contribution in [2.45, 2.75) is 6.18 Å². The summed E-state index contributed by atoms with van der Waals surface area (Å²) in [5.41, 5.74) is -0.893. The minimum atomic E-state index is -4.51. The van der Waals surface area contributed by atoms with Crippen molar-refractivity contribution in [3.8, 4) is 0 Å². The molecule has 0 bridgehead atoms. The average Bonchev–Trinajstić information content (AvgIpc) is 2.26. The van der Waals surface area contributed by atoms with E-state index in [0.29, 0.717) is 0 Å². The van der Waals surface area contributed by atoms with Crippen LogP contribution in [0.1, 0.15) is 5.56 Å². The Bertz CT molecular complexity index is 575. The molecule has 9 heteroatoms. The molecular weight excluding hydrogens is 305 g/mol. The van der Waals surface area contributed by atoms with Gasteiger partial charge in [-0.05, 0) is 12.1 Å². The molecule has 1 aliphatic rings. The van der Waals surface area contributed by atoms with E-state index in [1.165, 1.54) is 4.90 Å². The fourth-order valence-electron chi connectivity index (χ4n) is 1.75. The summed E-state index contributed by atoms with van der Waals surface area (Å²) in [4.78, 5) is 5.30. The smallest absolute Gasteiger partial charge is 0.355 e. The molecule has 0 N–H and O–H groups in total. The second-order valence-electron chi connectivity index (χ2n) is 4.17. The van der Waals surface area contributed by atoms with Gasteiger partial charge in [0.05, 0.1) is 17.1 Å². The summed E-state index contributed by atoms with van der Waals surface area (Å²) >= 11 is 5.58. The highest BCUT2D eigenvalue weighted by molar-refractivity contribution is 7.91. The number of hydrogen-bond acceptors (Lipinski definition) is 4. The SMILES string of the molecule is O=S1(=O)CCN(c2cc(C(F)(F)F)cc(Cl)n2)CC1. The van der Waals surface area contributed by atoms with Gasteiger partial charge in [-0.15, -0.1) is 0 Å². The highest BCUT2D eigenvalue weighted by Crippen LogP contribution is 2.33. The number of alkyl halides is 3. The molecule has 0 amide bonds. The van der Waals surface area contributed by atoms with Crippen molar-refractivity contribution in [3.63, 3.8) is 0 Å². The molecule has 1 fully saturated rings. The Morgan fingerprint density at radius 3 is 2.32 bits per heavy atom. The third-order valence-electron chi connectivity index (χ3n) is 2.78. The second kappa shape index (κ2) is 4.82. The molecule has 0 aromatic carbocycles. The first-order valence-corrected chi connectivity index (χ1v) is 7.57. The van der Waals surface area contributed by atoms with Crippen molar-refractivity contribution in [1.82, 2.24) is 4.98 Å². The van der Waals surface area contributed by atoms with Crippen LogP contribution >= 0.6 is 11.6 Å². The first-order chi connectivity index (χ1) is 8.67. The van der Waals surface area contributed by atoms with Gasteiger partial charge in [-0.3, -0.25) is 0 Å². The van der Waals surface area contributed by atoms with Crippen molar-refractivity contribution in [1.29, 1.82) is 0 Å². The molecule has 1 aromatic heterocycles. The number of nitrogens with zero attached hydrogens (tertiary/aromatic N) is 2. The normalized spacial score (nSPS) is 19.5. The van der Waals surface area contributed by atoms with E-state index in [1.54, 1.807) is 0 Å². The topological polar surface area (TPSA) is 50.3 Å². The Balaban J connectivity index is 2.29. The number of pyridine rings is 1. The number of rotatable bonds is 1. The van der Waals surface area contributed by atoms with Gasteiger partial charge in [0.25, 0.3) is 0 Å².